The minimum Gasteiger partial charge on any atom is -0.462 e. The summed E-state index contributed by atoms with van der Waals surface area (Å²) < 4.78 is 11.3. The molecule has 0 aliphatic heterocycles. The quantitative estimate of drug-likeness (QED) is 0.742. The Kier molecular flexibility index (Phi) is 5.46. The van der Waals surface area contributed by atoms with E-state index in [4.69, 9.17) is 9.47 Å². The van der Waals surface area contributed by atoms with Crippen molar-refractivity contribution >= 4 is 11.9 Å². The van der Waals surface area contributed by atoms with Gasteiger partial charge in [-0.25, -0.2) is 0 Å². The molecule has 0 N–H and O–H groups in total. The highest BCUT2D eigenvalue weighted by Gasteiger charge is 2.57. The van der Waals surface area contributed by atoms with Crippen molar-refractivity contribution in [1.82, 2.24) is 0 Å². The largest absolute Gasteiger partial charge is 0.462 e. The fraction of sp³-hybridized carbons (Fsp3) is 0.882. The lowest BCUT2D eigenvalue weighted by Gasteiger charge is -2.56. The molecular formula is C17H30O4. The molecular weight excluding hydrogens is 268 g/mol. The third-order valence-electron chi connectivity index (χ3n) is 5.67. The van der Waals surface area contributed by atoms with Gasteiger partial charge in [0.15, 0.2) is 0 Å². The van der Waals surface area contributed by atoms with E-state index in [0.717, 1.165) is 19.3 Å². The molecule has 0 amide bonds. The average Bonchev–Trinajstić information content (AvgIpc) is 2.40. The van der Waals surface area contributed by atoms with Crippen LogP contribution in [0.15, 0.2) is 0 Å². The molecule has 0 saturated heterocycles. The molecule has 0 aromatic carbocycles. The molecule has 5 unspecified atom stereocenters. The molecule has 1 rings (SSSR count). The Balaban J connectivity index is 3.23. The van der Waals surface area contributed by atoms with Crippen LogP contribution in [0.1, 0.15) is 67.7 Å². The fourth-order valence-corrected chi connectivity index (χ4v) is 3.84. The zero-order valence-corrected chi connectivity index (χ0v) is 14.5. The summed E-state index contributed by atoms with van der Waals surface area (Å²) in [7, 11) is 0. The summed E-state index contributed by atoms with van der Waals surface area (Å²) in [5.74, 6) is -0.331. The van der Waals surface area contributed by atoms with Gasteiger partial charge >= 0.3 is 11.9 Å². The molecule has 0 bridgehead atoms. The minimum atomic E-state index is -0.241. The molecule has 0 radical (unpaired) electrons. The van der Waals surface area contributed by atoms with Crippen molar-refractivity contribution in [3.63, 3.8) is 0 Å². The molecule has 122 valence electrons. The first-order valence-corrected chi connectivity index (χ1v) is 7.95. The van der Waals surface area contributed by atoms with Crippen LogP contribution in [-0.4, -0.2) is 24.1 Å². The topological polar surface area (TPSA) is 52.6 Å². The number of carbonyl (C=O) groups excluding carboxylic acids is 2. The Labute approximate surface area is 128 Å². The van der Waals surface area contributed by atoms with Gasteiger partial charge in [-0.15, -0.1) is 0 Å². The van der Waals surface area contributed by atoms with Crippen LogP contribution in [-0.2, 0) is 19.1 Å². The van der Waals surface area contributed by atoms with Crippen molar-refractivity contribution in [2.24, 2.45) is 16.7 Å². The van der Waals surface area contributed by atoms with Crippen molar-refractivity contribution in [3.05, 3.63) is 0 Å². The van der Waals surface area contributed by atoms with E-state index in [2.05, 4.69) is 34.6 Å². The molecule has 1 aliphatic rings. The summed E-state index contributed by atoms with van der Waals surface area (Å²) in [5.41, 5.74) is -0.377. The first-order valence-electron chi connectivity index (χ1n) is 7.95. The van der Waals surface area contributed by atoms with Gasteiger partial charge in [-0.1, -0.05) is 34.6 Å². The maximum atomic E-state index is 11.6. The Morgan fingerprint density at radius 3 is 1.95 bits per heavy atom. The SMILES string of the molecule is CCC1(C)CC(OC(C)=O)C(C)C(C)(CC)C1OC(C)=O. The molecule has 4 heteroatoms. The van der Waals surface area contributed by atoms with E-state index in [0.29, 0.717) is 0 Å². The molecule has 1 saturated carbocycles. The van der Waals surface area contributed by atoms with E-state index < -0.39 is 0 Å². The highest BCUT2D eigenvalue weighted by Crippen LogP contribution is 2.55. The summed E-state index contributed by atoms with van der Waals surface area (Å²) in [6, 6.07) is 0. The van der Waals surface area contributed by atoms with Crippen molar-refractivity contribution in [2.75, 3.05) is 0 Å². The highest BCUT2D eigenvalue weighted by atomic mass is 16.6. The molecule has 4 nitrogen and oxygen atoms in total. The second-order valence-electron chi connectivity index (χ2n) is 7.00. The predicted molar refractivity (Wildman–Crippen MR) is 81.7 cm³/mol. The fourth-order valence-electron chi connectivity index (χ4n) is 3.84. The van der Waals surface area contributed by atoms with Crippen LogP contribution < -0.4 is 0 Å². The third-order valence-corrected chi connectivity index (χ3v) is 5.67. The van der Waals surface area contributed by atoms with Gasteiger partial charge in [-0.3, -0.25) is 9.59 Å². The molecule has 0 aromatic rings. The van der Waals surface area contributed by atoms with Crippen LogP contribution in [0.2, 0.25) is 0 Å². The lowest BCUT2D eigenvalue weighted by atomic mass is 9.54. The predicted octanol–water partition coefficient (Wildman–Crippen LogP) is 3.72. The van der Waals surface area contributed by atoms with Gasteiger partial charge < -0.3 is 9.47 Å². The summed E-state index contributed by atoms with van der Waals surface area (Å²) in [6.45, 7) is 13.5. The van der Waals surface area contributed by atoms with Gasteiger partial charge in [0.05, 0.1) is 0 Å². The standard InChI is InChI=1S/C17H30O4/c1-8-16(6)10-14(20-12(4)18)11(3)17(7,9-2)15(16)21-13(5)19/h11,14-15H,8-10H2,1-7H3. The van der Waals surface area contributed by atoms with Crippen LogP contribution in [0, 0.1) is 16.7 Å². The summed E-state index contributed by atoms with van der Waals surface area (Å²) in [6.07, 6.45) is 2.21. The number of hydrogen-bond acceptors (Lipinski definition) is 4. The third kappa shape index (κ3) is 3.41. The van der Waals surface area contributed by atoms with Crippen LogP contribution >= 0.6 is 0 Å². The van der Waals surface area contributed by atoms with Gasteiger partial charge in [0.2, 0.25) is 0 Å². The molecule has 21 heavy (non-hydrogen) atoms. The van der Waals surface area contributed by atoms with Crippen LogP contribution in [0.4, 0.5) is 0 Å². The van der Waals surface area contributed by atoms with Crippen LogP contribution in [0.3, 0.4) is 0 Å². The first kappa shape index (κ1) is 18.0. The summed E-state index contributed by atoms with van der Waals surface area (Å²) >= 11 is 0. The Bertz CT molecular complexity index is 406. The highest BCUT2D eigenvalue weighted by molar-refractivity contribution is 5.67. The maximum absolute atomic E-state index is 11.6. The van der Waals surface area contributed by atoms with Gasteiger partial charge in [-0.2, -0.15) is 0 Å². The molecule has 0 aromatic heterocycles. The monoisotopic (exact) mass is 298 g/mol. The normalized spacial score (nSPS) is 39.7. The molecule has 1 fully saturated rings. The number of ether oxygens (including phenoxy) is 2. The summed E-state index contributed by atoms with van der Waals surface area (Å²) in [5, 5.41) is 0. The second-order valence-corrected chi connectivity index (χ2v) is 7.00. The van der Waals surface area contributed by atoms with Crippen molar-refractivity contribution in [3.8, 4) is 0 Å². The van der Waals surface area contributed by atoms with E-state index in [1.54, 1.807) is 0 Å². The zero-order valence-electron chi connectivity index (χ0n) is 14.5. The van der Waals surface area contributed by atoms with Crippen LogP contribution in [0.5, 0.6) is 0 Å². The lowest BCUT2D eigenvalue weighted by molar-refractivity contribution is -0.207. The van der Waals surface area contributed by atoms with Gasteiger partial charge in [-0.05, 0) is 19.3 Å². The smallest absolute Gasteiger partial charge is 0.302 e. The average molecular weight is 298 g/mol. The molecule has 0 heterocycles. The van der Waals surface area contributed by atoms with E-state index in [-0.39, 0.29) is 40.9 Å². The number of rotatable bonds is 4. The summed E-state index contributed by atoms with van der Waals surface area (Å²) in [4.78, 5) is 23.0. The minimum absolute atomic E-state index is 0.121. The second kappa shape index (κ2) is 6.37. The van der Waals surface area contributed by atoms with E-state index in [9.17, 15) is 9.59 Å². The van der Waals surface area contributed by atoms with Crippen LogP contribution in [0.25, 0.3) is 0 Å². The number of esters is 2. The maximum Gasteiger partial charge on any atom is 0.302 e. The Morgan fingerprint density at radius 1 is 1.05 bits per heavy atom. The van der Waals surface area contributed by atoms with E-state index >= 15 is 0 Å². The lowest BCUT2D eigenvalue weighted by Crippen LogP contribution is -2.59. The van der Waals surface area contributed by atoms with Gasteiger partial charge in [0.25, 0.3) is 0 Å². The Hall–Kier alpha value is -1.06. The molecule has 0 spiro atoms. The van der Waals surface area contributed by atoms with Crippen molar-refractivity contribution in [1.29, 1.82) is 0 Å². The number of hydrogen-bond donors (Lipinski definition) is 0. The van der Waals surface area contributed by atoms with Gasteiger partial charge in [0, 0.05) is 30.6 Å². The number of carbonyl (C=O) groups is 2. The zero-order chi connectivity index (χ0) is 16.4. The molecule has 1 aliphatic carbocycles. The van der Waals surface area contributed by atoms with Gasteiger partial charge in [0.1, 0.15) is 12.2 Å². The first-order chi connectivity index (χ1) is 9.60. The Morgan fingerprint density at radius 2 is 1.57 bits per heavy atom. The van der Waals surface area contributed by atoms with Crippen molar-refractivity contribution < 1.29 is 19.1 Å². The molecule has 5 atom stereocenters. The van der Waals surface area contributed by atoms with Crippen molar-refractivity contribution in [2.45, 2.75) is 79.9 Å². The van der Waals surface area contributed by atoms with E-state index in [1.807, 2.05) is 0 Å². The van der Waals surface area contributed by atoms with E-state index in [1.165, 1.54) is 13.8 Å².